The van der Waals surface area contributed by atoms with Crippen molar-refractivity contribution in [2.24, 2.45) is 0 Å². The van der Waals surface area contributed by atoms with Gasteiger partial charge in [-0.05, 0) is 60.7 Å². The number of ether oxygens (including phenoxy) is 1. The van der Waals surface area contributed by atoms with Crippen LogP contribution in [0.2, 0.25) is 0 Å². The Morgan fingerprint density at radius 2 is 1.69 bits per heavy atom. The van der Waals surface area contributed by atoms with E-state index in [2.05, 4.69) is 10.3 Å². The number of carbonyl (C=O) groups excluding carboxylic acids is 1. The number of likely N-dealkylation sites (tertiary alicyclic amines) is 1. The molecule has 0 radical (unpaired) electrons. The molecule has 0 unspecified atom stereocenters. The Balaban J connectivity index is 0.000000623. The molecule has 0 aliphatic carbocycles. The maximum absolute atomic E-state index is 13.6. The first-order valence-corrected chi connectivity index (χ1v) is 11.4. The number of nitrogens with zero attached hydrogens (tertiary/aromatic N) is 3. The number of hydrogen-bond acceptors (Lipinski definition) is 4. The first kappa shape index (κ1) is 26.7. The van der Waals surface area contributed by atoms with Crippen LogP contribution in [0.4, 0.5) is 38.3 Å². The van der Waals surface area contributed by atoms with Gasteiger partial charge in [-0.25, -0.2) is 18.6 Å². The zero-order valence-electron chi connectivity index (χ0n) is 19.7. The molecule has 1 N–H and O–H groups in total. The van der Waals surface area contributed by atoms with Crippen molar-refractivity contribution in [3.05, 3.63) is 41.6 Å². The second-order valence-electron chi connectivity index (χ2n) is 8.47. The van der Waals surface area contributed by atoms with E-state index in [0.29, 0.717) is 43.4 Å². The van der Waals surface area contributed by atoms with Crippen molar-refractivity contribution < 1.29 is 31.5 Å². The van der Waals surface area contributed by atoms with Gasteiger partial charge in [0.1, 0.15) is 11.5 Å². The molecule has 2 amide bonds. The maximum Gasteiger partial charge on any atom is 0.386 e. The van der Waals surface area contributed by atoms with Crippen molar-refractivity contribution in [1.29, 1.82) is 0 Å². The second kappa shape index (κ2) is 11.7. The van der Waals surface area contributed by atoms with E-state index in [9.17, 15) is 26.7 Å². The number of carbonyl (C=O) groups is 1. The summed E-state index contributed by atoms with van der Waals surface area (Å²) in [4.78, 5) is 20.4. The van der Waals surface area contributed by atoms with Crippen LogP contribution in [-0.2, 0) is 4.74 Å². The SMILES string of the molecule is CC(F)(F)F.Cc1ccc(NC(=O)N2CCCC2)cc1-c1cc(C(F)F)nc(N2CCOCC2)c1. The van der Waals surface area contributed by atoms with Gasteiger partial charge in [-0.2, -0.15) is 13.2 Å². The third-order valence-corrected chi connectivity index (χ3v) is 5.58. The van der Waals surface area contributed by atoms with Crippen molar-refractivity contribution in [2.75, 3.05) is 49.6 Å². The highest BCUT2D eigenvalue weighted by Gasteiger charge is 2.20. The number of nitrogens with one attached hydrogen (secondary N) is 1. The topological polar surface area (TPSA) is 57.7 Å². The molecule has 1 aromatic carbocycles. The number of pyridine rings is 1. The predicted octanol–water partition coefficient (Wildman–Crippen LogP) is 6.03. The number of amides is 2. The molecule has 0 atom stereocenters. The van der Waals surface area contributed by atoms with Crippen LogP contribution in [0.5, 0.6) is 0 Å². The Bertz CT molecular complexity index is 998. The summed E-state index contributed by atoms with van der Waals surface area (Å²) in [7, 11) is 0. The van der Waals surface area contributed by atoms with E-state index >= 15 is 0 Å². The molecule has 0 spiro atoms. The van der Waals surface area contributed by atoms with Crippen LogP contribution in [0.1, 0.15) is 37.4 Å². The van der Waals surface area contributed by atoms with Crippen LogP contribution in [0.3, 0.4) is 0 Å². The van der Waals surface area contributed by atoms with E-state index in [1.807, 2.05) is 36.1 Å². The number of halogens is 5. The lowest BCUT2D eigenvalue weighted by atomic mass is 9.99. The fourth-order valence-electron chi connectivity index (χ4n) is 3.89. The van der Waals surface area contributed by atoms with Crippen LogP contribution in [0, 0.1) is 6.92 Å². The summed E-state index contributed by atoms with van der Waals surface area (Å²) in [6.45, 7) is 5.96. The fraction of sp³-hybridized carbons (Fsp3) is 0.500. The van der Waals surface area contributed by atoms with E-state index in [4.69, 9.17) is 4.74 Å². The lowest BCUT2D eigenvalue weighted by Crippen LogP contribution is -2.36. The quantitative estimate of drug-likeness (QED) is 0.521. The number of morpholine rings is 1. The third-order valence-electron chi connectivity index (χ3n) is 5.58. The first-order chi connectivity index (χ1) is 16.5. The Hall–Kier alpha value is -2.95. The Labute approximate surface area is 201 Å². The minimum atomic E-state index is -4.00. The number of hydrogen-bond donors (Lipinski definition) is 1. The van der Waals surface area contributed by atoms with Gasteiger partial charge in [-0.1, -0.05) is 6.07 Å². The van der Waals surface area contributed by atoms with E-state index in [-0.39, 0.29) is 18.6 Å². The van der Waals surface area contributed by atoms with E-state index in [1.54, 1.807) is 4.90 Å². The Morgan fingerprint density at radius 1 is 1.06 bits per heavy atom. The van der Waals surface area contributed by atoms with Gasteiger partial charge >= 0.3 is 12.2 Å². The average Bonchev–Trinajstić information content (AvgIpc) is 3.35. The molecular weight excluding hydrogens is 471 g/mol. The van der Waals surface area contributed by atoms with Crippen molar-refractivity contribution in [3.8, 4) is 11.1 Å². The molecule has 1 aromatic heterocycles. The molecule has 2 aromatic rings. The van der Waals surface area contributed by atoms with Crippen molar-refractivity contribution in [2.45, 2.75) is 39.3 Å². The lowest BCUT2D eigenvalue weighted by Gasteiger charge is -2.28. The minimum Gasteiger partial charge on any atom is -0.378 e. The fourth-order valence-corrected chi connectivity index (χ4v) is 3.89. The Kier molecular flexibility index (Phi) is 8.87. The second-order valence-corrected chi connectivity index (χ2v) is 8.47. The van der Waals surface area contributed by atoms with Gasteiger partial charge in [0.25, 0.3) is 6.43 Å². The van der Waals surface area contributed by atoms with Gasteiger partial charge in [0.05, 0.1) is 13.2 Å². The molecule has 4 rings (SSSR count). The molecule has 0 saturated carbocycles. The molecule has 2 aliphatic heterocycles. The zero-order valence-corrected chi connectivity index (χ0v) is 19.7. The molecule has 2 fully saturated rings. The molecule has 192 valence electrons. The average molecular weight is 501 g/mol. The summed E-state index contributed by atoms with van der Waals surface area (Å²) in [6.07, 6.45) is -4.63. The van der Waals surface area contributed by atoms with Gasteiger partial charge in [-0.15, -0.1) is 0 Å². The van der Waals surface area contributed by atoms with Crippen molar-refractivity contribution in [3.63, 3.8) is 0 Å². The normalized spacial score (nSPS) is 16.2. The molecular formula is C24H29F5N4O2. The van der Waals surface area contributed by atoms with Gasteiger partial charge in [0.15, 0.2) is 0 Å². The van der Waals surface area contributed by atoms with Crippen LogP contribution in [-0.4, -0.2) is 61.5 Å². The van der Waals surface area contributed by atoms with Crippen LogP contribution >= 0.6 is 0 Å². The van der Waals surface area contributed by atoms with Crippen molar-refractivity contribution in [1.82, 2.24) is 9.88 Å². The summed E-state index contributed by atoms with van der Waals surface area (Å²) in [5.41, 5.74) is 2.80. The summed E-state index contributed by atoms with van der Waals surface area (Å²) in [6, 6.07) is 8.72. The highest BCUT2D eigenvalue weighted by Crippen LogP contribution is 2.32. The number of rotatable bonds is 4. The van der Waals surface area contributed by atoms with Gasteiger partial charge in [0, 0.05) is 38.8 Å². The first-order valence-electron chi connectivity index (χ1n) is 11.4. The van der Waals surface area contributed by atoms with E-state index in [1.165, 1.54) is 6.07 Å². The summed E-state index contributed by atoms with van der Waals surface area (Å²) in [5, 5.41) is 2.93. The number of aryl methyl sites for hydroxylation is 1. The van der Waals surface area contributed by atoms with Crippen molar-refractivity contribution >= 4 is 17.5 Å². The molecule has 11 heteroatoms. The zero-order chi connectivity index (χ0) is 25.6. The smallest absolute Gasteiger partial charge is 0.378 e. The largest absolute Gasteiger partial charge is 0.386 e. The molecule has 35 heavy (non-hydrogen) atoms. The molecule has 2 saturated heterocycles. The standard InChI is InChI=1S/C22H26F2N4O2.C2H3F3/c1-15-4-5-17(25-22(29)28-6-2-3-7-28)14-18(15)16-12-19(21(23)24)26-20(13-16)27-8-10-30-11-9-27;1-2(3,4)5/h4-5,12-14,21H,2-3,6-11H2,1H3,(H,25,29);1H3. The van der Waals surface area contributed by atoms with Crippen LogP contribution in [0.25, 0.3) is 11.1 Å². The van der Waals surface area contributed by atoms with Crippen LogP contribution < -0.4 is 10.2 Å². The summed E-state index contributed by atoms with van der Waals surface area (Å²) < 4.78 is 63.6. The van der Waals surface area contributed by atoms with Gasteiger partial charge in [-0.3, -0.25) is 0 Å². The number of benzene rings is 1. The summed E-state index contributed by atoms with van der Waals surface area (Å²) >= 11 is 0. The maximum atomic E-state index is 13.6. The molecule has 2 aliphatic rings. The number of alkyl halides is 5. The van der Waals surface area contributed by atoms with E-state index < -0.39 is 12.6 Å². The van der Waals surface area contributed by atoms with Gasteiger partial charge < -0.3 is 19.9 Å². The molecule has 6 nitrogen and oxygen atoms in total. The number of aromatic nitrogens is 1. The third kappa shape index (κ3) is 8.05. The van der Waals surface area contributed by atoms with Crippen LogP contribution in [0.15, 0.2) is 30.3 Å². The lowest BCUT2D eigenvalue weighted by molar-refractivity contribution is -0.110. The highest BCUT2D eigenvalue weighted by atomic mass is 19.4. The number of anilines is 2. The molecule has 3 heterocycles. The highest BCUT2D eigenvalue weighted by molar-refractivity contribution is 5.90. The predicted molar refractivity (Wildman–Crippen MR) is 124 cm³/mol. The van der Waals surface area contributed by atoms with Gasteiger partial charge in [0.2, 0.25) is 0 Å². The monoisotopic (exact) mass is 500 g/mol. The van der Waals surface area contributed by atoms with E-state index in [0.717, 1.165) is 37.1 Å². The molecule has 0 bridgehead atoms. The Morgan fingerprint density at radius 3 is 2.29 bits per heavy atom. The minimum absolute atomic E-state index is 0.126. The summed E-state index contributed by atoms with van der Waals surface area (Å²) in [5.74, 6) is 0.525. The number of urea groups is 1.